The maximum absolute atomic E-state index is 12.1. The third-order valence-electron chi connectivity index (χ3n) is 4.74. The topological polar surface area (TPSA) is 49.4 Å². The van der Waals surface area contributed by atoms with Gasteiger partial charge in [0.1, 0.15) is 0 Å². The lowest BCUT2D eigenvalue weighted by Crippen LogP contribution is -2.47. The van der Waals surface area contributed by atoms with E-state index >= 15 is 0 Å². The first-order valence-electron chi connectivity index (χ1n) is 9.15. The smallest absolute Gasteiger partial charge is 0.225 e. The Hall–Kier alpha value is -1.84. The Balaban J connectivity index is 1.70. The van der Waals surface area contributed by atoms with E-state index in [4.69, 9.17) is 0 Å². The van der Waals surface area contributed by atoms with Gasteiger partial charge >= 0.3 is 0 Å². The predicted octanol–water partition coefficient (Wildman–Crippen LogP) is 2.94. The molecule has 24 heavy (non-hydrogen) atoms. The monoisotopic (exact) mass is 330 g/mol. The summed E-state index contributed by atoms with van der Waals surface area (Å²) in [6, 6.07) is 8.70. The Morgan fingerprint density at radius 3 is 2.25 bits per heavy atom. The number of aryl methyl sites for hydroxylation is 2. The Labute approximate surface area is 145 Å². The summed E-state index contributed by atoms with van der Waals surface area (Å²) < 4.78 is 0. The summed E-state index contributed by atoms with van der Waals surface area (Å²) >= 11 is 0. The number of rotatable bonds is 6. The molecule has 2 rings (SSSR count). The Morgan fingerprint density at radius 1 is 1.12 bits per heavy atom. The van der Waals surface area contributed by atoms with Crippen molar-refractivity contribution in [3.63, 3.8) is 0 Å². The van der Waals surface area contributed by atoms with Crippen LogP contribution in [0.25, 0.3) is 0 Å². The van der Waals surface area contributed by atoms with Crippen molar-refractivity contribution in [2.45, 2.75) is 58.9 Å². The molecule has 1 aromatic carbocycles. The molecule has 1 N–H and O–H groups in total. The van der Waals surface area contributed by atoms with Crippen LogP contribution in [-0.4, -0.2) is 35.8 Å². The molecular formula is C20H30N2O2. The fraction of sp³-hybridized carbons (Fsp3) is 0.600. The third kappa shape index (κ3) is 5.36. The van der Waals surface area contributed by atoms with E-state index in [2.05, 4.69) is 36.5 Å². The molecule has 0 spiro atoms. The van der Waals surface area contributed by atoms with Gasteiger partial charge in [0.2, 0.25) is 11.8 Å². The number of benzene rings is 1. The third-order valence-corrected chi connectivity index (χ3v) is 4.74. The van der Waals surface area contributed by atoms with E-state index < -0.39 is 0 Å². The number of carbonyl (C=O) groups excluding carboxylic acids is 2. The normalized spacial score (nSPS) is 15.6. The number of nitrogens with one attached hydrogen (secondary N) is 1. The van der Waals surface area contributed by atoms with Gasteiger partial charge in [0.25, 0.3) is 0 Å². The number of hydrogen-bond donors (Lipinski definition) is 1. The highest BCUT2D eigenvalue weighted by Crippen LogP contribution is 2.14. The molecule has 1 aliphatic rings. The molecule has 0 bridgehead atoms. The molecule has 4 nitrogen and oxygen atoms in total. The second kappa shape index (κ2) is 8.86. The first-order chi connectivity index (χ1) is 11.5. The van der Waals surface area contributed by atoms with Crippen LogP contribution in [0.2, 0.25) is 0 Å². The molecule has 1 saturated heterocycles. The average molecular weight is 330 g/mol. The van der Waals surface area contributed by atoms with Crippen molar-refractivity contribution in [3.8, 4) is 0 Å². The number of hydrogen-bond acceptors (Lipinski definition) is 2. The largest absolute Gasteiger partial charge is 0.353 e. The fourth-order valence-electron chi connectivity index (χ4n) is 3.11. The van der Waals surface area contributed by atoms with E-state index in [0.29, 0.717) is 6.42 Å². The summed E-state index contributed by atoms with van der Waals surface area (Å²) in [4.78, 5) is 26.0. The molecule has 0 aromatic heterocycles. The molecule has 2 amide bonds. The molecule has 0 atom stereocenters. The Morgan fingerprint density at radius 2 is 1.71 bits per heavy atom. The molecule has 0 unspecified atom stereocenters. The van der Waals surface area contributed by atoms with E-state index in [0.717, 1.165) is 38.8 Å². The summed E-state index contributed by atoms with van der Waals surface area (Å²) in [6.07, 6.45) is 4.06. The second-order valence-electron chi connectivity index (χ2n) is 6.99. The quantitative estimate of drug-likeness (QED) is 0.872. The second-order valence-corrected chi connectivity index (χ2v) is 6.99. The van der Waals surface area contributed by atoms with Gasteiger partial charge in [-0.15, -0.1) is 0 Å². The van der Waals surface area contributed by atoms with Gasteiger partial charge < -0.3 is 10.2 Å². The SMILES string of the molecule is CCc1ccc(CCC(=O)NC2CCN(C(=O)C(C)C)CC2)cc1. The number of piperidine rings is 1. The molecular weight excluding hydrogens is 300 g/mol. The zero-order valence-corrected chi connectivity index (χ0v) is 15.2. The minimum absolute atomic E-state index is 0.0511. The number of amides is 2. The van der Waals surface area contributed by atoms with Crippen LogP contribution in [0.15, 0.2) is 24.3 Å². The van der Waals surface area contributed by atoms with Crippen molar-refractivity contribution in [2.75, 3.05) is 13.1 Å². The van der Waals surface area contributed by atoms with E-state index in [1.807, 2.05) is 18.7 Å². The molecule has 0 saturated carbocycles. The van der Waals surface area contributed by atoms with E-state index in [1.165, 1.54) is 11.1 Å². The van der Waals surface area contributed by atoms with Crippen molar-refractivity contribution < 1.29 is 9.59 Å². The maximum atomic E-state index is 12.1. The zero-order valence-electron chi connectivity index (χ0n) is 15.2. The zero-order chi connectivity index (χ0) is 17.5. The van der Waals surface area contributed by atoms with Gasteiger partial charge in [-0.3, -0.25) is 9.59 Å². The van der Waals surface area contributed by atoms with Gasteiger partial charge in [-0.25, -0.2) is 0 Å². The Kier molecular flexibility index (Phi) is 6.83. The maximum Gasteiger partial charge on any atom is 0.225 e. The number of nitrogens with zero attached hydrogens (tertiary/aromatic N) is 1. The molecule has 0 radical (unpaired) electrons. The highest BCUT2D eigenvalue weighted by Gasteiger charge is 2.24. The Bertz CT molecular complexity index is 543. The lowest BCUT2D eigenvalue weighted by Gasteiger charge is -2.33. The molecule has 4 heteroatoms. The van der Waals surface area contributed by atoms with Crippen LogP contribution in [0.4, 0.5) is 0 Å². The average Bonchev–Trinajstić information content (AvgIpc) is 2.60. The van der Waals surface area contributed by atoms with Gasteiger partial charge in [-0.2, -0.15) is 0 Å². The first kappa shape index (κ1) is 18.5. The summed E-state index contributed by atoms with van der Waals surface area (Å²) in [5.74, 6) is 0.383. The molecule has 0 aliphatic carbocycles. The van der Waals surface area contributed by atoms with E-state index in [1.54, 1.807) is 0 Å². The van der Waals surface area contributed by atoms with Crippen molar-refractivity contribution in [3.05, 3.63) is 35.4 Å². The van der Waals surface area contributed by atoms with Crippen molar-refractivity contribution in [1.29, 1.82) is 0 Å². The van der Waals surface area contributed by atoms with Crippen LogP contribution in [0, 0.1) is 5.92 Å². The van der Waals surface area contributed by atoms with Crippen molar-refractivity contribution in [1.82, 2.24) is 10.2 Å². The van der Waals surface area contributed by atoms with Crippen molar-refractivity contribution >= 4 is 11.8 Å². The minimum Gasteiger partial charge on any atom is -0.353 e. The highest BCUT2D eigenvalue weighted by atomic mass is 16.2. The molecule has 1 aliphatic heterocycles. The predicted molar refractivity (Wildman–Crippen MR) is 96.7 cm³/mol. The van der Waals surface area contributed by atoms with E-state index in [9.17, 15) is 9.59 Å². The molecule has 132 valence electrons. The van der Waals surface area contributed by atoms with Gasteiger partial charge in [-0.05, 0) is 36.8 Å². The van der Waals surface area contributed by atoms with Crippen molar-refractivity contribution in [2.24, 2.45) is 5.92 Å². The lowest BCUT2D eigenvalue weighted by molar-refractivity contribution is -0.135. The van der Waals surface area contributed by atoms with Crippen LogP contribution in [0.3, 0.4) is 0 Å². The minimum atomic E-state index is 0.0511. The van der Waals surface area contributed by atoms with Crippen LogP contribution in [-0.2, 0) is 22.4 Å². The summed E-state index contributed by atoms with van der Waals surface area (Å²) in [6.45, 7) is 7.51. The summed E-state index contributed by atoms with van der Waals surface area (Å²) in [5, 5.41) is 3.12. The fourth-order valence-corrected chi connectivity index (χ4v) is 3.11. The lowest BCUT2D eigenvalue weighted by atomic mass is 10.0. The van der Waals surface area contributed by atoms with Crippen LogP contribution < -0.4 is 5.32 Å². The standard InChI is InChI=1S/C20H30N2O2/c1-4-16-5-7-17(8-6-16)9-10-19(23)21-18-11-13-22(14-12-18)20(24)15(2)3/h5-8,15,18H,4,9-14H2,1-3H3,(H,21,23). The molecule has 1 fully saturated rings. The summed E-state index contributed by atoms with van der Waals surface area (Å²) in [5.41, 5.74) is 2.53. The molecule has 1 aromatic rings. The van der Waals surface area contributed by atoms with Crippen LogP contribution >= 0.6 is 0 Å². The number of likely N-dealkylation sites (tertiary alicyclic amines) is 1. The van der Waals surface area contributed by atoms with Gasteiger partial charge in [0.15, 0.2) is 0 Å². The number of carbonyl (C=O) groups is 2. The molecule has 1 heterocycles. The van der Waals surface area contributed by atoms with Crippen LogP contribution in [0.5, 0.6) is 0 Å². The summed E-state index contributed by atoms with van der Waals surface area (Å²) in [7, 11) is 0. The van der Waals surface area contributed by atoms with Crippen LogP contribution in [0.1, 0.15) is 51.2 Å². The first-order valence-corrected chi connectivity index (χ1v) is 9.15. The van der Waals surface area contributed by atoms with Gasteiger partial charge in [0.05, 0.1) is 0 Å². The van der Waals surface area contributed by atoms with Gasteiger partial charge in [0, 0.05) is 31.5 Å². The van der Waals surface area contributed by atoms with E-state index in [-0.39, 0.29) is 23.8 Å². The highest BCUT2D eigenvalue weighted by molar-refractivity contribution is 5.78. The van der Waals surface area contributed by atoms with Gasteiger partial charge in [-0.1, -0.05) is 45.0 Å².